The van der Waals surface area contributed by atoms with Crippen LogP contribution in [0.15, 0.2) is 64.1 Å². The molecule has 0 aliphatic heterocycles. The van der Waals surface area contributed by atoms with Gasteiger partial charge in [0.25, 0.3) is 5.91 Å². The molecule has 0 fully saturated rings. The van der Waals surface area contributed by atoms with Crippen LogP contribution in [0.2, 0.25) is 0 Å². The molecule has 9 heteroatoms. The Morgan fingerprint density at radius 3 is 2.06 bits per heavy atom. The van der Waals surface area contributed by atoms with E-state index in [1.807, 2.05) is 12.1 Å². The van der Waals surface area contributed by atoms with Crippen molar-refractivity contribution in [3.05, 3.63) is 70.6 Å². The van der Waals surface area contributed by atoms with E-state index in [-0.39, 0.29) is 28.3 Å². The van der Waals surface area contributed by atoms with Gasteiger partial charge in [0.2, 0.25) is 11.8 Å². The summed E-state index contributed by atoms with van der Waals surface area (Å²) in [5, 5.41) is 20.2. The molecule has 31 heavy (non-hydrogen) atoms. The maximum Gasteiger partial charge on any atom is 0.279 e. The van der Waals surface area contributed by atoms with Crippen molar-refractivity contribution in [2.45, 2.75) is 33.1 Å². The molecule has 2 aromatic rings. The van der Waals surface area contributed by atoms with Crippen LogP contribution in [0.5, 0.6) is 0 Å². The molecule has 162 valence electrons. The average molecular weight is 423 g/mol. The number of primary amides is 2. The van der Waals surface area contributed by atoms with E-state index in [4.69, 9.17) is 11.5 Å². The molecule has 0 unspecified atom stereocenters. The second kappa shape index (κ2) is 10.7. The fraction of sp³-hybridized carbons (Fsp3) is 0.227. The fourth-order valence-electron chi connectivity index (χ4n) is 2.67. The van der Waals surface area contributed by atoms with Gasteiger partial charge in [-0.25, -0.2) is 0 Å². The van der Waals surface area contributed by atoms with E-state index in [0.29, 0.717) is 5.69 Å². The van der Waals surface area contributed by atoms with E-state index in [9.17, 15) is 19.5 Å². The third kappa shape index (κ3) is 6.77. The lowest BCUT2D eigenvalue weighted by Crippen LogP contribution is -2.19. The molecular formula is C22H25N5O4. The molecule has 6 N–H and O–H groups in total. The minimum absolute atomic E-state index is 0.0114. The van der Waals surface area contributed by atoms with Crippen LogP contribution in [0.3, 0.4) is 0 Å². The molecular weight excluding hydrogens is 398 g/mol. The standard InChI is InChI=1S/C22H25N5O4/c1-3-4-5-14-6-8-17(9-7-14)26-27-19(13(2)28)22(31)25-18-11-15(20(23)29)10-16(12-18)21(24)30/h6-12,28H,3-5H2,1-2H3,(H2,23,29)(H2,24,30)(H,25,31). The molecule has 0 saturated heterocycles. The fourth-order valence-corrected chi connectivity index (χ4v) is 2.67. The number of amides is 3. The Labute approximate surface area is 179 Å². The van der Waals surface area contributed by atoms with Crippen LogP contribution < -0.4 is 16.8 Å². The number of anilines is 1. The number of nitrogens with one attached hydrogen (secondary N) is 1. The van der Waals surface area contributed by atoms with Crippen molar-refractivity contribution in [2.24, 2.45) is 21.7 Å². The number of carbonyl (C=O) groups is 3. The molecule has 0 bridgehead atoms. The molecule has 0 aliphatic rings. The number of hydrogen-bond acceptors (Lipinski definition) is 6. The summed E-state index contributed by atoms with van der Waals surface area (Å²) in [6, 6.07) is 11.2. The van der Waals surface area contributed by atoms with Gasteiger partial charge in [-0.1, -0.05) is 25.5 Å². The van der Waals surface area contributed by atoms with Crippen LogP contribution >= 0.6 is 0 Å². The first kappa shape index (κ1) is 23.3. The average Bonchev–Trinajstić information content (AvgIpc) is 2.72. The monoisotopic (exact) mass is 423 g/mol. The van der Waals surface area contributed by atoms with E-state index in [1.54, 1.807) is 12.1 Å². The smallest absolute Gasteiger partial charge is 0.279 e. The van der Waals surface area contributed by atoms with Crippen LogP contribution in [-0.2, 0) is 11.2 Å². The van der Waals surface area contributed by atoms with Crippen molar-refractivity contribution in [2.75, 3.05) is 5.32 Å². The maximum atomic E-state index is 12.6. The zero-order valence-electron chi connectivity index (χ0n) is 17.4. The van der Waals surface area contributed by atoms with Gasteiger partial charge in [-0.2, -0.15) is 5.11 Å². The third-order valence-electron chi connectivity index (χ3n) is 4.34. The van der Waals surface area contributed by atoms with Crippen LogP contribution in [0.1, 0.15) is 53.0 Å². The topological polar surface area (TPSA) is 160 Å². The molecule has 0 spiro atoms. The lowest BCUT2D eigenvalue weighted by molar-refractivity contribution is -0.113. The zero-order chi connectivity index (χ0) is 23.0. The van der Waals surface area contributed by atoms with Gasteiger partial charge in [-0.05, 0) is 55.7 Å². The number of hydrogen-bond donors (Lipinski definition) is 4. The Hall–Kier alpha value is -4.01. The van der Waals surface area contributed by atoms with Crippen LogP contribution in [-0.4, -0.2) is 22.8 Å². The number of rotatable bonds is 9. The summed E-state index contributed by atoms with van der Waals surface area (Å²) in [5.74, 6) is -2.74. The summed E-state index contributed by atoms with van der Waals surface area (Å²) in [6.07, 6.45) is 3.16. The van der Waals surface area contributed by atoms with E-state index >= 15 is 0 Å². The normalized spacial score (nSPS) is 11.8. The minimum atomic E-state index is -0.797. The van der Waals surface area contributed by atoms with Crippen molar-refractivity contribution in [1.29, 1.82) is 0 Å². The summed E-state index contributed by atoms with van der Waals surface area (Å²) < 4.78 is 0. The Morgan fingerprint density at radius 2 is 1.58 bits per heavy atom. The highest BCUT2D eigenvalue weighted by Crippen LogP contribution is 2.19. The maximum absolute atomic E-state index is 12.6. The van der Waals surface area contributed by atoms with Crippen molar-refractivity contribution in [1.82, 2.24) is 0 Å². The number of aliphatic hydroxyl groups excluding tert-OH is 1. The quantitative estimate of drug-likeness (QED) is 0.275. The molecule has 0 saturated carbocycles. The summed E-state index contributed by atoms with van der Waals surface area (Å²) >= 11 is 0. The van der Waals surface area contributed by atoms with Gasteiger partial charge >= 0.3 is 0 Å². The van der Waals surface area contributed by atoms with Crippen molar-refractivity contribution >= 4 is 29.1 Å². The van der Waals surface area contributed by atoms with Gasteiger partial charge in [0.15, 0.2) is 5.70 Å². The van der Waals surface area contributed by atoms with Crippen LogP contribution in [0, 0.1) is 0 Å². The largest absolute Gasteiger partial charge is 0.510 e. The molecule has 3 amide bonds. The lowest BCUT2D eigenvalue weighted by atomic mass is 10.1. The number of allylic oxidation sites excluding steroid dienone is 1. The number of azo groups is 1. The molecule has 0 atom stereocenters. The Kier molecular flexibility index (Phi) is 8.01. The molecule has 0 aromatic heterocycles. The summed E-state index contributed by atoms with van der Waals surface area (Å²) in [6.45, 7) is 3.41. The number of unbranched alkanes of at least 4 members (excludes halogenated alkanes) is 1. The van der Waals surface area contributed by atoms with Gasteiger partial charge in [0.1, 0.15) is 5.76 Å². The number of aryl methyl sites for hydroxylation is 1. The Morgan fingerprint density at radius 1 is 1.00 bits per heavy atom. The predicted molar refractivity (Wildman–Crippen MR) is 117 cm³/mol. The molecule has 2 rings (SSSR count). The van der Waals surface area contributed by atoms with Crippen LogP contribution in [0.4, 0.5) is 11.4 Å². The zero-order valence-corrected chi connectivity index (χ0v) is 17.4. The van der Waals surface area contributed by atoms with Crippen molar-refractivity contribution < 1.29 is 19.5 Å². The molecule has 9 nitrogen and oxygen atoms in total. The van der Waals surface area contributed by atoms with E-state index in [0.717, 1.165) is 19.3 Å². The number of nitrogens with zero attached hydrogens (tertiary/aromatic N) is 2. The summed E-state index contributed by atoms with van der Waals surface area (Å²) in [7, 11) is 0. The highest BCUT2D eigenvalue weighted by Gasteiger charge is 2.16. The van der Waals surface area contributed by atoms with Gasteiger partial charge < -0.3 is 21.9 Å². The summed E-state index contributed by atoms with van der Waals surface area (Å²) in [5.41, 5.74) is 11.9. The van der Waals surface area contributed by atoms with Gasteiger partial charge in [-0.3, -0.25) is 14.4 Å². The second-order valence-corrected chi connectivity index (χ2v) is 6.89. The SMILES string of the molecule is CCCCc1ccc(N=NC(C(=O)Nc2cc(C(N)=O)cc(C(N)=O)c2)=C(C)O)cc1. The predicted octanol–water partition coefficient (Wildman–Crippen LogP) is 3.74. The third-order valence-corrected chi connectivity index (χ3v) is 4.34. The van der Waals surface area contributed by atoms with Crippen molar-refractivity contribution in [3.8, 4) is 0 Å². The van der Waals surface area contributed by atoms with Crippen LogP contribution in [0.25, 0.3) is 0 Å². The number of nitrogens with two attached hydrogens (primary N) is 2. The highest BCUT2D eigenvalue weighted by atomic mass is 16.3. The number of benzene rings is 2. The first-order chi connectivity index (χ1) is 14.7. The minimum Gasteiger partial charge on any atom is -0.510 e. The number of carbonyl (C=O) groups excluding carboxylic acids is 3. The lowest BCUT2D eigenvalue weighted by Gasteiger charge is -2.09. The number of aliphatic hydroxyl groups is 1. The van der Waals surface area contributed by atoms with Crippen molar-refractivity contribution in [3.63, 3.8) is 0 Å². The Balaban J connectivity index is 2.22. The van der Waals surface area contributed by atoms with E-state index in [2.05, 4.69) is 22.5 Å². The second-order valence-electron chi connectivity index (χ2n) is 6.89. The van der Waals surface area contributed by atoms with Gasteiger partial charge in [-0.15, -0.1) is 5.11 Å². The molecule has 2 aromatic carbocycles. The molecule has 0 radical (unpaired) electrons. The first-order valence-corrected chi connectivity index (χ1v) is 9.67. The Bertz CT molecular complexity index is 1010. The van der Waals surface area contributed by atoms with E-state index in [1.165, 1.54) is 30.7 Å². The van der Waals surface area contributed by atoms with Gasteiger partial charge in [0.05, 0.1) is 5.69 Å². The van der Waals surface area contributed by atoms with Gasteiger partial charge in [0, 0.05) is 16.8 Å². The first-order valence-electron chi connectivity index (χ1n) is 9.67. The highest BCUT2D eigenvalue weighted by molar-refractivity contribution is 6.06. The van der Waals surface area contributed by atoms with E-state index < -0.39 is 17.7 Å². The molecule has 0 heterocycles. The molecule has 0 aliphatic carbocycles. The summed E-state index contributed by atoms with van der Waals surface area (Å²) in [4.78, 5) is 35.5.